The number of rotatable bonds is 7. The van der Waals surface area contributed by atoms with Crippen LogP contribution >= 0.6 is 22.9 Å². The Bertz CT molecular complexity index is 1190. The van der Waals surface area contributed by atoms with Crippen molar-refractivity contribution in [3.8, 4) is 0 Å². The van der Waals surface area contributed by atoms with Crippen molar-refractivity contribution in [3.63, 3.8) is 0 Å². The molecule has 0 aliphatic carbocycles. The third kappa shape index (κ3) is 5.78. The molecule has 1 N–H and O–H groups in total. The summed E-state index contributed by atoms with van der Waals surface area (Å²) in [4.78, 5) is 16.6. The topological polar surface area (TPSA) is 66.5 Å². The maximum atomic E-state index is 12.8. The van der Waals surface area contributed by atoms with E-state index in [0.29, 0.717) is 22.7 Å². The lowest BCUT2D eigenvalue weighted by Gasteiger charge is -2.35. The van der Waals surface area contributed by atoms with Crippen LogP contribution in [0.5, 0.6) is 0 Å². The number of carbonyl (C=O) groups excluding carboxylic acids is 1. The van der Waals surface area contributed by atoms with Gasteiger partial charge in [0.25, 0.3) is 5.91 Å². The number of halogens is 1. The molecule has 0 saturated carbocycles. The lowest BCUT2D eigenvalue weighted by Crippen LogP contribution is -2.40. The van der Waals surface area contributed by atoms with E-state index in [-0.39, 0.29) is 17.7 Å². The van der Waals surface area contributed by atoms with E-state index < -0.39 is 9.84 Å². The first-order valence-electron chi connectivity index (χ1n) is 10.4. The zero-order valence-corrected chi connectivity index (χ0v) is 20.1. The highest BCUT2D eigenvalue weighted by Gasteiger charge is 2.26. The Morgan fingerprint density at radius 2 is 1.84 bits per heavy atom. The molecule has 168 valence electrons. The van der Waals surface area contributed by atoms with Crippen molar-refractivity contribution in [3.05, 3.63) is 92.1 Å². The molecule has 2 heterocycles. The second-order valence-electron chi connectivity index (χ2n) is 8.13. The monoisotopic (exact) mass is 488 g/mol. The van der Waals surface area contributed by atoms with Crippen LogP contribution in [0.25, 0.3) is 0 Å². The summed E-state index contributed by atoms with van der Waals surface area (Å²) in [6.45, 7) is 2.24. The minimum absolute atomic E-state index is 0.0220. The highest BCUT2D eigenvalue weighted by molar-refractivity contribution is 7.89. The molecule has 4 rings (SSSR count). The van der Waals surface area contributed by atoms with Crippen molar-refractivity contribution in [2.45, 2.75) is 24.8 Å². The summed E-state index contributed by atoms with van der Waals surface area (Å²) in [5.41, 5.74) is 3.64. The minimum atomic E-state index is -3.11. The van der Waals surface area contributed by atoms with Gasteiger partial charge in [-0.15, -0.1) is 11.3 Å². The first kappa shape index (κ1) is 23.0. The molecule has 0 saturated heterocycles. The van der Waals surface area contributed by atoms with Gasteiger partial charge in [-0.25, -0.2) is 8.42 Å². The largest absolute Gasteiger partial charge is 0.350 e. The average Bonchev–Trinajstić information content (AvgIpc) is 3.22. The third-order valence-corrected chi connectivity index (χ3v) is 7.77. The fourth-order valence-corrected chi connectivity index (χ4v) is 5.84. The molecule has 1 aromatic heterocycles. The van der Waals surface area contributed by atoms with Crippen molar-refractivity contribution in [1.29, 1.82) is 0 Å². The van der Waals surface area contributed by atoms with Gasteiger partial charge >= 0.3 is 0 Å². The number of nitrogens with one attached hydrogen (secondary N) is 1. The molecule has 0 fully saturated rings. The summed E-state index contributed by atoms with van der Waals surface area (Å²) < 4.78 is 22.9. The van der Waals surface area contributed by atoms with Gasteiger partial charge < -0.3 is 5.32 Å². The number of thiophene rings is 1. The number of hydrogen-bond donors (Lipinski definition) is 1. The summed E-state index contributed by atoms with van der Waals surface area (Å²) in [6, 6.07) is 16.7. The molecule has 1 aliphatic rings. The number of hydrogen-bond acceptors (Lipinski definition) is 5. The van der Waals surface area contributed by atoms with E-state index in [4.69, 9.17) is 11.6 Å². The van der Waals surface area contributed by atoms with Crippen molar-refractivity contribution in [2.24, 2.45) is 0 Å². The lowest BCUT2D eigenvalue weighted by molar-refractivity contribution is 0.0928. The quantitative estimate of drug-likeness (QED) is 0.532. The van der Waals surface area contributed by atoms with Crippen molar-refractivity contribution >= 4 is 38.7 Å². The van der Waals surface area contributed by atoms with Gasteiger partial charge in [0.2, 0.25) is 0 Å². The SMILES string of the molecule is CS(=O)(=O)Cc1ccc(C(=O)NCC(c2ccc(Cl)cc2)N2CCc3sccc3C2)cc1. The fraction of sp³-hybridized carbons (Fsp3) is 0.292. The number of sulfone groups is 1. The van der Waals surface area contributed by atoms with Crippen molar-refractivity contribution in [2.75, 3.05) is 19.3 Å². The Morgan fingerprint density at radius 1 is 1.12 bits per heavy atom. The molecule has 8 heteroatoms. The van der Waals surface area contributed by atoms with Crippen LogP contribution in [0.15, 0.2) is 60.0 Å². The molecule has 1 amide bonds. The van der Waals surface area contributed by atoms with E-state index in [2.05, 4.69) is 21.7 Å². The number of nitrogens with zero attached hydrogens (tertiary/aromatic N) is 1. The van der Waals surface area contributed by atoms with Crippen LogP contribution in [0.1, 0.15) is 38.0 Å². The molecular formula is C24H25ClN2O3S2. The molecule has 0 bridgehead atoms. The zero-order chi connectivity index (χ0) is 22.7. The Labute approximate surface area is 197 Å². The first-order chi connectivity index (χ1) is 15.3. The standard InChI is InChI=1S/C24H25ClN2O3S2/c1-32(29,30)16-17-2-4-19(5-3-17)24(28)26-14-22(18-6-8-21(25)9-7-18)27-12-10-23-20(15-27)11-13-31-23/h2-9,11,13,22H,10,12,14-16H2,1H3,(H,26,28). The van der Waals surface area contributed by atoms with Crippen LogP contribution in [0.2, 0.25) is 5.02 Å². The molecule has 2 aromatic carbocycles. The summed E-state index contributed by atoms with van der Waals surface area (Å²) in [6.07, 6.45) is 2.21. The molecule has 0 spiro atoms. The smallest absolute Gasteiger partial charge is 0.251 e. The number of benzene rings is 2. The highest BCUT2D eigenvalue weighted by Crippen LogP contribution is 2.30. The predicted molar refractivity (Wildman–Crippen MR) is 130 cm³/mol. The van der Waals surface area contributed by atoms with Crippen LogP contribution in [-0.2, 0) is 28.6 Å². The average molecular weight is 489 g/mol. The summed E-state index contributed by atoms with van der Waals surface area (Å²) >= 11 is 7.90. The van der Waals surface area contributed by atoms with Gasteiger partial charge in [-0.1, -0.05) is 35.9 Å². The molecular weight excluding hydrogens is 464 g/mol. The Balaban J connectivity index is 1.47. The maximum Gasteiger partial charge on any atom is 0.251 e. The van der Waals surface area contributed by atoms with E-state index in [1.54, 1.807) is 35.6 Å². The first-order valence-corrected chi connectivity index (χ1v) is 13.7. The van der Waals surface area contributed by atoms with Gasteiger partial charge in [-0.2, -0.15) is 0 Å². The molecule has 1 atom stereocenters. The summed E-state index contributed by atoms with van der Waals surface area (Å²) in [5, 5.41) is 5.89. The maximum absolute atomic E-state index is 12.8. The second kappa shape index (κ2) is 9.75. The zero-order valence-electron chi connectivity index (χ0n) is 17.8. The number of amides is 1. The van der Waals surface area contributed by atoms with E-state index in [0.717, 1.165) is 25.1 Å². The minimum Gasteiger partial charge on any atom is -0.350 e. The van der Waals surface area contributed by atoms with E-state index in [1.165, 1.54) is 16.7 Å². The van der Waals surface area contributed by atoms with Gasteiger partial charge in [0.05, 0.1) is 11.8 Å². The van der Waals surface area contributed by atoms with Gasteiger partial charge in [0.15, 0.2) is 9.84 Å². The van der Waals surface area contributed by atoms with Gasteiger partial charge in [-0.05, 0) is 58.8 Å². The van der Waals surface area contributed by atoms with Crippen LogP contribution in [0, 0.1) is 0 Å². The van der Waals surface area contributed by atoms with E-state index in [9.17, 15) is 13.2 Å². The normalized spacial score (nSPS) is 15.2. The summed E-state index contributed by atoms with van der Waals surface area (Å²) in [7, 11) is -3.11. The highest BCUT2D eigenvalue weighted by atomic mass is 35.5. The second-order valence-corrected chi connectivity index (χ2v) is 11.7. The molecule has 0 radical (unpaired) electrons. The molecule has 3 aromatic rings. The fourth-order valence-electron chi connectivity index (χ4n) is 4.03. The van der Waals surface area contributed by atoms with Crippen LogP contribution in [0.3, 0.4) is 0 Å². The molecule has 1 unspecified atom stereocenters. The Kier molecular flexibility index (Phi) is 7.00. The molecule has 32 heavy (non-hydrogen) atoms. The van der Waals surface area contributed by atoms with Crippen molar-refractivity contribution < 1.29 is 13.2 Å². The van der Waals surface area contributed by atoms with Crippen LogP contribution in [0.4, 0.5) is 0 Å². The molecule has 5 nitrogen and oxygen atoms in total. The van der Waals surface area contributed by atoms with Crippen LogP contribution in [-0.4, -0.2) is 38.6 Å². The predicted octanol–water partition coefficient (Wildman–Crippen LogP) is 4.48. The van der Waals surface area contributed by atoms with E-state index in [1.807, 2.05) is 24.3 Å². The van der Waals surface area contributed by atoms with Gasteiger partial charge in [0.1, 0.15) is 0 Å². The third-order valence-electron chi connectivity index (χ3n) is 5.63. The lowest BCUT2D eigenvalue weighted by atomic mass is 10.0. The van der Waals surface area contributed by atoms with Crippen molar-refractivity contribution in [1.82, 2.24) is 10.2 Å². The van der Waals surface area contributed by atoms with Gasteiger partial charge in [0, 0.05) is 41.4 Å². The van der Waals surface area contributed by atoms with E-state index >= 15 is 0 Å². The Morgan fingerprint density at radius 3 is 2.53 bits per heavy atom. The van der Waals surface area contributed by atoms with Crippen LogP contribution < -0.4 is 5.32 Å². The Hall–Kier alpha value is -2.19. The summed E-state index contributed by atoms with van der Waals surface area (Å²) in [5.74, 6) is -0.212. The number of carbonyl (C=O) groups is 1. The molecule has 1 aliphatic heterocycles. The van der Waals surface area contributed by atoms with Gasteiger partial charge in [-0.3, -0.25) is 9.69 Å². The number of fused-ring (bicyclic) bond motifs is 1.